The summed E-state index contributed by atoms with van der Waals surface area (Å²) in [6, 6.07) is 0. The molecule has 62 valence electrons. The van der Waals surface area contributed by atoms with E-state index in [2.05, 4.69) is 16.3 Å². The van der Waals surface area contributed by atoms with E-state index in [4.69, 9.17) is 5.73 Å². The first kappa shape index (κ1) is 7.09. The maximum absolute atomic E-state index is 5.68. The Balaban J connectivity index is 2.31. The van der Waals surface area contributed by atoms with Crippen LogP contribution in [0.3, 0.4) is 0 Å². The zero-order valence-corrected chi connectivity index (χ0v) is 6.64. The number of rotatable bonds is 1. The van der Waals surface area contributed by atoms with Crippen molar-refractivity contribution in [1.82, 2.24) is 15.0 Å². The normalized spacial score (nSPS) is 17.0. The zero-order valence-electron chi connectivity index (χ0n) is 6.64. The van der Waals surface area contributed by atoms with Gasteiger partial charge in [0.2, 0.25) is 0 Å². The molecule has 4 nitrogen and oxygen atoms in total. The molecule has 12 heavy (non-hydrogen) atoms. The molecule has 2 rings (SSSR count). The second-order valence-electron chi connectivity index (χ2n) is 2.71. The molecule has 1 aromatic rings. The molecule has 1 aliphatic rings. The molecule has 0 atom stereocenters. The second-order valence-corrected chi connectivity index (χ2v) is 2.71. The molecule has 1 aliphatic carbocycles. The lowest BCUT2D eigenvalue weighted by molar-refractivity contribution is 0.762. The molecule has 4 heteroatoms. The fourth-order valence-electron chi connectivity index (χ4n) is 1.20. The van der Waals surface area contributed by atoms with Gasteiger partial charge in [-0.25, -0.2) is 0 Å². The summed E-state index contributed by atoms with van der Waals surface area (Å²) in [5.41, 5.74) is 7.54. The molecule has 1 aromatic heterocycles. The first-order chi connectivity index (χ1) is 5.86. The summed E-state index contributed by atoms with van der Waals surface area (Å²) < 4.78 is 0. The van der Waals surface area contributed by atoms with E-state index in [0.717, 1.165) is 24.2 Å². The van der Waals surface area contributed by atoms with Crippen LogP contribution in [0.15, 0.2) is 30.2 Å². The summed E-state index contributed by atoms with van der Waals surface area (Å²) in [4.78, 5) is 1.58. The lowest BCUT2D eigenvalue weighted by atomic mass is 10.1. The summed E-state index contributed by atoms with van der Waals surface area (Å²) in [7, 11) is 0. The number of aromatic nitrogens is 3. The van der Waals surface area contributed by atoms with Crippen molar-refractivity contribution < 1.29 is 0 Å². The van der Waals surface area contributed by atoms with Gasteiger partial charge in [0.25, 0.3) is 0 Å². The highest BCUT2D eigenvalue weighted by Gasteiger charge is 2.04. The van der Waals surface area contributed by atoms with E-state index >= 15 is 0 Å². The van der Waals surface area contributed by atoms with Crippen molar-refractivity contribution in [3.8, 4) is 0 Å². The Morgan fingerprint density at radius 2 is 2.08 bits per heavy atom. The molecule has 0 spiro atoms. The van der Waals surface area contributed by atoms with Gasteiger partial charge in [0.1, 0.15) is 0 Å². The topological polar surface area (TPSA) is 56.7 Å². The van der Waals surface area contributed by atoms with Crippen LogP contribution in [0.25, 0.3) is 5.70 Å². The van der Waals surface area contributed by atoms with Crippen LogP contribution in [0.2, 0.25) is 0 Å². The zero-order chi connectivity index (χ0) is 8.39. The fraction of sp³-hybridized carbons (Fsp3) is 0.250. The molecule has 0 aliphatic heterocycles. The Labute approximate surface area is 70.4 Å². The molecular weight excluding hydrogens is 152 g/mol. The number of nitrogens with zero attached hydrogens (tertiary/aromatic N) is 3. The lowest BCUT2D eigenvalue weighted by Gasteiger charge is -2.08. The highest BCUT2D eigenvalue weighted by atomic mass is 15.5. The van der Waals surface area contributed by atoms with Crippen molar-refractivity contribution in [3.05, 3.63) is 30.2 Å². The minimum Gasteiger partial charge on any atom is -0.402 e. The van der Waals surface area contributed by atoms with Crippen molar-refractivity contribution >= 4 is 5.70 Å². The van der Waals surface area contributed by atoms with E-state index in [-0.39, 0.29) is 0 Å². The van der Waals surface area contributed by atoms with E-state index in [9.17, 15) is 0 Å². The summed E-state index contributed by atoms with van der Waals surface area (Å²) in [5, 5.41) is 8.02. The maximum atomic E-state index is 5.68. The van der Waals surface area contributed by atoms with Crippen LogP contribution in [0.1, 0.15) is 12.8 Å². The van der Waals surface area contributed by atoms with Crippen LogP contribution in [-0.4, -0.2) is 15.0 Å². The molecular formula is C8H10N4. The Bertz CT molecular complexity index is 321. The number of nitrogens with two attached hydrogens (primary N) is 1. The van der Waals surface area contributed by atoms with Crippen LogP contribution in [0.5, 0.6) is 0 Å². The summed E-state index contributed by atoms with van der Waals surface area (Å²) in [6.07, 6.45) is 9.20. The van der Waals surface area contributed by atoms with E-state index in [1.54, 1.807) is 17.2 Å². The molecule has 0 aromatic carbocycles. The highest BCUT2D eigenvalue weighted by molar-refractivity contribution is 5.57. The minimum absolute atomic E-state index is 0.893. The third-order valence-corrected chi connectivity index (χ3v) is 1.77. The van der Waals surface area contributed by atoms with E-state index < -0.39 is 0 Å². The van der Waals surface area contributed by atoms with Gasteiger partial charge in [-0.1, -0.05) is 6.08 Å². The summed E-state index contributed by atoms with van der Waals surface area (Å²) >= 11 is 0. The van der Waals surface area contributed by atoms with Gasteiger partial charge >= 0.3 is 0 Å². The predicted molar refractivity (Wildman–Crippen MR) is 45.8 cm³/mol. The molecule has 1 heterocycles. The molecule has 0 fully saturated rings. The molecule has 0 radical (unpaired) electrons. The number of allylic oxidation sites excluding steroid dienone is 4. The Morgan fingerprint density at radius 3 is 2.75 bits per heavy atom. The summed E-state index contributed by atoms with van der Waals surface area (Å²) in [5.74, 6) is 0. The van der Waals surface area contributed by atoms with Gasteiger partial charge in [0, 0.05) is 5.70 Å². The van der Waals surface area contributed by atoms with Gasteiger partial charge in [0.05, 0.1) is 18.1 Å². The number of hydrogen-bond acceptors (Lipinski definition) is 3. The Hall–Kier alpha value is -1.58. The molecule has 0 unspecified atom stereocenters. The smallest absolute Gasteiger partial charge is 0.0834 e. The molecule has 2 N–H and O–H groups in total. The number of hydrogen-bond donors (Lipinski definition) is 1. The van der Waals surface area contributed by atoms with E-state index in [1.165, 1.54) is 0 Å². The van der Waals surface area contributed by atoms with Gasteiger partial charge in [-0.2, -0.15) is 15.0 Å². The van der Waals surface area contributed by atoms with Crippen LogP contribution in [-0.2, 0) is 0 Å². The summed E-state index contributed by atoms with van der Waals surface area (Å²) in [6.45, 7) is 0. The van der Waals surface area contributed by atoms with Gasteiger partial charge in [-0.05, 0) is 18.9 Å². The van der Waals surface area contributed by atoms with Crippen molar-refractivity contribution in [2.75, 3.05) is 0 Å². The first-order valence-electron chi connectivity index (χ1n) is 3.89. The highest BCUT2D eigenvalue weighted by Crippen LogP contribution is 2.15. The maximum Gasteiger partial charge on any atom is 0.0834 e. The average Bonchev–Trinajstić information content (AvgIpc) is 2.56. The second kappa shape index (κ2) is 2.81. The first-order valence-corrected chi connectivity index (χ1v) is 3.89. The third-order valence-electron chi connectivity index (χ3n) is 1.77. The monoisotopic (exact) mass is 162 g/mol. The van der Waals surface area contributed by atoms with Crippen LogP contribution < -0.4 is 5.73 Å². The van der Waals surface area contributed by atoms with Gasteiger partial charge in [0.15, 0.2) is 0 Å². The third kappa shape index (κ3) is 1.23. The Kier molecular flexibility index (Phi) is 1.66. The SMILES string of the molecule is NC1=CC(n2nccn2)=CCC1. The van der Waals surface area contributed by atoms with Crippen LogP contribution in [0.4, 0.5) is 0 Å². The molecule has 0 saturated carbocycles. The molecule has 0 amide bonds. The van der Waals surface area contributed by atoms with Crippen molar-refractivity contribution in [2.45, 2.75) is 12.8 Å². The van der Waals surface area contributed by atoms with Crippen LogP contribution >= 0.6 is 0 Å². The molecule has 0 bridgehead atoms. The predicted octanol–water partition coefficient (Wildman–Crippen LogP) is 0.755. The average molecular weight is 162 g/mol. The minimum atomic E-state index is 0.893. The Morgan fingerprint density at radius 1 is 1.33 bits per heavy atom. The lowest BCUT2D eigenvalue weighted by Crippen LogP contribution is -2.07. The largest absolute Gasteiger partial charge is 0.402 e. The van der Waals surface area contributed by atoms with Gasteiger partial charge < -0.3 is 5.73 Å². The standard InChI is InChI=1S/C8H10N4/c9-7-2-1-3-8(6-7)12-10-4-5-11-12/h3-6H,1-2,9H2. The fourth-order valence-corrected chi connectivity index (χ4v) is 1.20. The van der Waals surface area contributed by atoms with E-state index in [1.807, 2.05) is 6.08 Å². The van der Waals surface area contributed by atoms with E-state index in [0.29, 0.717) is 0 Å². The van der Waals surface area contributed by atoms with Crippen LogP contribution in [0, 0.1) is 0 Å². The quantitative estimate of drug-likeness (QED) is 0.663. The van der Waals surface area contributed by atoms with Gasteiger partial charge in [-0.15, -0.1) is 0 Å². The van der Waals surface area contributed by atoms with Crippen molar-refractivity contribution in [1.29, 1.82) is 0 Å². The van der Waals surface area contributed by atoms with Gasteiger partial charge in [-0.3, -0.25) is 0 Å². The van der Waals surface area contributed by atoms with Crippen molar-refractivity contribution in [3.63, 3.8) is 0 Å². The van der Waals surface area contributed by atoms with Crippen molar-refractivity contribution in [2.24, 2.45) is 5.73 Å². The molecule has 0 saturated heterocycles.